The number of Topliss-reactive ketones (excluding diaryl/α,β-unsaturated/α-hetero) is 1. The van der Waals surface area contributed by atoms with Crippen molar-refractivity contribution in [2.24, 2.45) is 0 Å². The molecule has 0 N–H and O–H groups in total. The number of carbonyl (C=O) groups is 1. The fourth-order valence-corrected chi connectivity index (χ4v) is 4.78. The maximum atomic E-state index is 11.5. The summed E-state index contributed by atoms with van der Waals surface area (Å²) in [4.78, 5) is 11.5. The third-order valence-corrected chi connectivity index (χ3v) is 7.23. The molecule has 0 aliphatic rings. The second-order valence-electron chi connectivity index (χ2n) is 10.3. The van der Waals surface area contributed by atoms with Gasteiger partial charge in [0.1, 0.15) is 23.0 Å². The third kappa shape index (κ3) is 6.32. The molecule has 6 aromatic rings. The quantitative estimate of drug-likeness (QED) is 0.178. The van der Waals surface area contributed by atoms with Crippen LogP contribution >= 0.6 is 0 Å². The first kappa shape index (κ1) is 26.8. The van der Waals surface area contributed by atoms with Crippen LogP contribution in [-0.4, -0.2) is 5.78 Å². The number of carbonyl (C=O) groups excluding carboxylic acids is 1. The lowest BCUT2D eigenvalue weighted by atomic mass is 9.99. The summed E-state index contributed by atoms with van der Waals surface area (Å²) >= 11 is 0. The Hall–Kier alpha value is -5.41. The Morgan fingerprint density at radius 2 is 0.619 bits per heavy atom. The van der Waals surface area contributed by atoms with Crippen LogP contribution in [0.15, 0.2) is 146 Å². The van der Waals surface area contributed by atoms with E-state index in [1.54, 1.807) is 6.92 Å². The van der Waals surface area contributed by atoms with E-state index in [1.165, 1.54) is 11.1 Å². The molecule has 0 heterocycles. The number of aryl methyl sites for hydroxylation is 1. The van der Waals surface area contributed by atoms with E-state index < -0.39 is 0 Å². The summed E-state index contributed by atoms with van der Waals surface area (Å²) in [6, 6.07) is 48.5. The van der Waals surface area contributed by atoms with E-state index >= 15 is 0 Å². The summed E-state index contributed by atoms with van der Waals surface area (Å²) < 4.78 is 12.1. The van der Waals surface area contributed by atoms with Gasteiger partial charge in [0.15, 0.2) is 5.78 Å². The number of hydrogen-bond acceptors (Lipinski definition) is 3. The van der Waals surface area contributed by atoms with Gasteiger partial charge in [-0.05, 0) is 95.8 Å². The van der Waals surface area contributed by atoms with Crippen LogP contribution in [-0.2, 0) is 0 Å². The predicted octanol–water partition coefficient (Wildman–Crippen LogP) is 10.8. The largest absolute Gasteiger partial charge is 0.457 e. The zero-order valence-corrected chi connectivity index (χ0v) is 23.6. The molecule has 0 saturated heterocycles. The van der Waals surface area contributed by atoms with Crippen molar-refractivity contribution in [3.63, 3.8) is 0 Å². The SMILES string of the molecule is CC(=O)c1ccc(-c2ccc(-c3ccc(Oc4ccc(Oc5ccc(-c6ccc(C)cc6)cc5)cc4)cc3)cc2)cc1. The average molecular weight is 547 g/mol. The van der Waals surface area contributed by atoms with E-state index in [-0.39, 0.29) is 5.78 Å². The molecular formula is C39H30O3. The average Bonchev–Trinajstić information content (AvgIpc) is 3.03. The predicted molar refractivity (Wildman–Crippen MR) is 171 cm³/mol. The van der Waals surface area contributed by atoms with Gasteiger partial charge in [-0.25, -0.2) is 0 Å². The minimum atomic E-state index is 0.0754. The molecule has 0 amide bonds. The molecule has 3 heteroatoms. The maximum Gasteiger partial charge on any atom is 0.159 e. The summed E-state index contributed by atoms with van der Waals surface area (Å²) in [6.45, 7) is 3.67. The van der Waals surface area contributed by atoms with Gasteiger partial charge in [-0.15, -0.1) is 0 Å². The van der Waals surface area contributed by atoms with Gasteiger partial charge in [0, 0.05) is 5.56 Å². The molecule has 6 rings (SSSR count). The maximum absolute atomic E-state index is 11.5. The summed E-state index contributed by atoms with van der Waals surface area (Å²) in [6.07, 6.45) is 0. The Bertz CT molecular complexity index is 1780. The number of hydrogen-bond donors (Lipinski definition) is 0. The zero-order chi connectivity index (χ0) is 28.9. The van der Waals surface area contributed by atoms with Crippen LogP contribution < -0.4 is 9.47 Å². The molecule has 0 atom stereocenters. The monoisotopic (exact) mass is 546 g/mol. The molecule has 0 aromatic heterocycles. The highest BCUT2D eigenvalue weighted by molar-refractivity contribution is 5.94. The lowest BCUT2D eigenvalue weighted by Crippen LogP contribution is -1.90. The molecule has 0 saturated carbocycles. The van der Waals surface area contributed by atoms with E-state index in [0.717, 1.165) is 56.4 Å². The summed E-state index contributed by atoms with van der Waals surface area (Å²) in [5, 5.41) is 0. The number of rotatable bonds is 8. The molecule has 6 aromatic carbocycles. The van der Waals surface area contributed by atoms with E-state index in [4.69, 9.17) is 9.47 Å². The van der Waals surface area contributed by atoms with Crippen molar-refractivity contribution in [1.82, 2.24) is 0 Å². The van der Waals surface area contributed by atoms with Gasteiger partial charge in [-0.2, -0.15) is 0 Å². The minimum Gasteiger partial charge on any atom is -0.457 e. The van der Waals surface area contributed by atoms with Crippen molar-refractivity contribution in [2.75, 3.05) is 0 Å². The van der Waals surface area contributed by atoms with E-state index in [1.807, 2.05) is 72.8 Å². The molecule has 0 aliphatic carbocycles. The van der Waals surface area contributed by atoms with Crippen molar-refractivity contribution < 1.29 is 14.3 Å². The van der Waals surface area contributed by atoms with Crippen LogP contribution in [0.25, 0.3) is 33.4 Å². The van der Waals surface area contributed by atoms with Gasteiger partial charge in [-0.1, -0.05) is 103 Å². The lowest BCUT2D eigenvalue weighted by Gasteiger charge is -2.10. The Morgan fingerprint density at radius 1 is 0.381 bits per heavy atom. The number of ketones is 1. The molecule has 0 aliphatic heterocycles. The fourth-order valence-electron chi connectivity index (χ4n) is 4.78. The van der Waals surface area contributed by atoms with Crippen LogP contribution in [0.2, 0.25) is 0 Å². The van der Waals surface area contributed by atoms with Gasteiger partial charge in [0.2, 0.25) is 0 Å². The van der Waals surface area contributed by atoms with E-state index in [2.05, 4.69) is 79.7 Å². The van der Waals surface area contributed by atoms with Crippen molar-refractivity contribution in [3.05, 3.63) is 157 Å². The summed E-state index contributed by atoms with van der Waals surface area (Å²) in [5.41, 5.74) is 8.75. The topological polar surface area (TPSA) is 35.5 Å². The summed E-state index contributed by atoms with van der Waals surface area (Å²) in [7, 11) is 0. The first-order chi connectivity index (χ1) is 20.5. The number of benzene rings is 6. The van der Waals surface area contributed by atoms with Gasteiger partial charge in [0.25, 0.3) is 0 Å². The molecule has 3 nitrogen and oxygen atoms in total. The van der Waals surface area contributed by atoms with Crippen LogP contribution in [0.5, 0.6) is 23.0 Å². The highest BCUT2D eigenvalue weighted by Crippen LogP contribution is 2.31. The van der Waals surface area contributed by atoms with Crippen LogP contribution in [0.4, 0.5) is 0 Å². The Kier molecular flexibility index (Phi) is 7.65. The molecule has 0 fully saturated rings. The minimum absolute atomic E-state index is 0.0754. The van der Waals surface area contributed by atoms with Crippen LogP contribution in [0, 0.1) is 6.92 Å². The Balaban J connectivity index is 1.06. The van der Waals surface area contributed by atoms with Gasteiger partial charge >= 0.3 is 0 Å². The van der Waals surface area contributed by atoms with Crippen molar-refractivity contribution in [3.8, 4) is 56.4 Å². The van der Waals surface area contributed by atoms with Gasteiger partial charge in [0.05, 0.1) is 0 Å². The summed E-state index contributed by atoms with van der Waals surface area (Å²) in [5.74, 6) is 3.12. The molecule has 0 spiro atoms. The second-order valence-corrected chi connectivity index (χ2v) is 10.3. The lowest BCUT2D eigenvalue weighted by molar-refractivity contribution is 0.101. The fraction of sp³-hybridized carbons (Fsp3) is 0.0513. The number of ether oxygens (including phenoxy) is 2. The van der Waals surface area contributed by atoms with Crippen molar-refractivity contribution in [2.45, 2.75) is 13.8 Å². The second kappa shape index (κ2) is 12.0. The van der Waals surface area contributed by atoms with Crippen molar-refractivity contribution in [1.29, 1.82) is 0 Å². The zero-order valence-electron chi connectivity index (χ0n) is 23.6. The smallest absolute Gasteiger partial charge is 0.159 e. The normalized spacial score (nSPS) is 10.7. The van der Waals surface area contributed by atoms with Crippen molar-refractivity contribution >= 4 is 5.78 Å². The van der Waals surface area contributed by atoms with Crippen LogP contribution in [0.3, 0.4) is 0 Å². The molecule has 0 radical (unpaired) electrons. The highest BCUT2D eigenvalue weighted by atomic mass is 16.5. The Labute approximate surface area is 246 Å². The van der Waals surface area contributed by atoms with E-state index in [0.29, 0.717) is 0 Å². The third-order valence-electron chi connectivity index (χ3n) is 7.23. The molecule has 204 valence electrons. The van der Waals surface area contributed by atoms with Gasteiger partial charge in [-0.3, -0.25) is 4.79 Å². The molecule has 0 unspecified atom stereocenters. The first-order valence-electron chi connectivity index (χ1n) is 13.9. The first-order valence-corrected chi connectivity index (χ1v) is 13.9. The molecule has 42 heavy (non-hydrogen) atoms. The Morgan fingerprint density at radius 3 is 0.929 bits per heavy atom. The van der Waals surface area contributed by atoms with Crippen LogP contribution in [0.1, 0.15) is 22.8 Å². The highest BCUT2D eigenvalue weighted by Gasteiger charge is 2.05. The van der Waals surface area contributed by atoms with Gasteiger partial charge < -0.3 is 9.47 Å². The molecular weight excluding hydrogens is 516 g/mol. The molecule has 0 bridgehead atoms. The standard InChI is InChI=1S/C39H30O3/c1-27-3-5-30(6-4-27)34-15-19-36(20-16-34)41-38-23-25-39(26-24-38)42-37-21-17-35(18-22-37)33-13-11-32(12-14-33)31-9-7-29(8-10-31)28(2)40/h3-26H,1-2H3. The van der Waals surface area contributed by atoms with E-state index in [9.17, 15) is 4.79 Å².